The van der Waals surface area contributed by atoms with Gasteiger partial charge in [0.05, 0.1) is 27.2 Å². The molecule has 3 rings (SSSR count). The van der Waals surface area contributed by atoms with Crippen molar-refractivity contribution in [3.63, 3.8) is 0 Å². The highest BCUT2D eigenvalue weighted by Gasteiger charge is 2.33. The zero-order chi connectivity index (χ0) is 18.1. The van der Waals surface area contributed by atoms with E-state index in [1.807, 2.05) is 31.3 Å². The van der Waals surface area contributed by atoms with Crippen LogP contribution in [0.1, 0.15) is 28.2 Å². The number of hydrogen-bond donors (Lipinski definition) is 0. The maximum Gasteiger partial charge on any atom is 0.234 e. The van der Waals surface area contributed by atoms with E-state index in [4.69, 9.17) is 14.2 Å². The van der Waals surface area contributed by atoms with Crippen LogP contribution in [0.25, 0.3) is 0 Å². The lowest BCUT2D eigenvalue weighted by atomic mass is 9.83. The van der Waals surface area contributed by atoms with E-state index in [-0.39, 0.29) is 11.8 Å². The Balaban J connectivity index is 2.20. The summed E-state index contributed by atoms with van der Waals surface area (Å²) in [5, 5.41) is 0. The monoisotopic (exact) mass is 341 g/mol. The molecule has 0 saturated heterocycles. The summed E-state index contributed by atoms with van der Waals surface area (Å²) in [5.74, 6) is 1.29. The van der Waals surface area contributed by atoms with E-state index in [9.17, 15) is 4.79 Å². The summed E-state index contributed by atoms with van der Waals surface area (Å²) in [5.41, 5.74) is 4.21. The van der Waals surface area contributed by atoms with Gasteiger partial charge in [-0.2, -0.15) is 0 Å². The molecule has 25 heavy (non-hydrogen) atoms. The van der Waals surface area contributed by atoms with Gasteiger partial charge >= 0.3 is 0 Å². The fourth-order valence-electron chi connectivity index (χ4n) is 3.43. The van der Waals surface area contributed by atoms with E-state index in [2.05, 4.69) is 13.0 Å². The Morgan fingerprint density at radius 1 is 1.00 bits per heavy atom. The van der Waals surface area contributed by atoms with Gasteiger partial charge in [-0.3, -0.25) is 4.79 Å². The van der Waals surface area contributed by atoms with Gasteiger partial charge in [0.25, 0.3) is 0 Å². The molecule has 0 saturated carbocycles. The van der Waals surface area contributed by atoms with E-state index in [0.29, 0.717) is 23.8 Å². The average Bonchev–Trinajstić information content (AvgIpc) is 2.61. The number of carbonyl (C=O) groups is 1. The molecule has 132 valence electrons. The molecule has 5 heteroatoms. The maximum atomic E-state index is 12.9. The normalized spacial score (nSPS) is 16.4. The van der Waals surface area contributed by atoms with Gasteiger partial charge in [0.15, 0.2) is 11.5 Å². The van der Waals surface area contributed by atoms with Gasteiger partial charge in [-0.25, -0.2) is 0 Å². The van der Waals surface area contributed by atoms with E-state index < -0.39 is 0 Å². The number of amides is 1. The van der Waals surface area contributed by atoms with Gasteiger partial charge in [0.2, 0.25) is 11.7 Å². The van der Waals surface area contributed by atoms with Crippen LogP contribution in [0.4, 0.5) is 0 Å². The first kappa shape index (κ1) is 17.1. The van der Waals surface area contributed by atoms with Gasteiger partial charge in [-0.05, 0) is 35.7 Å². The first-order valence-corrected chi connectivity index (χ1v) is 8.14. The van der Waals surface area contributed by atoms with Crippen LogP contribution in [0.3, 0.4) is 0 Å². The second-order valence-corrected chi connectivity index (χ2v) is 6.29. The first-order valence-electron chi connectivity index (χ1n) is 8.14. The average molecular weight is 341 g/mol. The molecule has 1 unspecified atom stereocenters. The Morgan fingerprint density at radius 3 is 2.20 bits per heavy atom. The minimum atomic E-state index is -0.386. The van der Waals surface area contributed by atoms with Crippen molar-refractivity contribution < 1.29 is 19.0 Å². The molecule has 0 fully saturated rings. The Kier molecular flexibility index (Phi) is 4.57. The molecule has 1 amide bonds. The third-order valence-electron chi connectivity index (χ3n) is 4.66. The van der Waals surface area contributed by atoms with Crippen LogP contribution >= 0.6 is 0 Å². The van der Waals surface area contributed by atoms with Gasteiger partial charge in [0.1, 0.15) is 0 Å². The summed E-state index contributed by atoms with van der Waals surface area (Å²) >= 11 is 0. The number of fused-ring (bicyclic) bond motifs is 1. The lowest BCUT2D eigenvalue weighted by Crippen LogP contribution is -2.37. The molecule has 0 aromatic heterocycles. The smallest absolute Gasteiger partial charge is 0.234 e. The van der Waals surface area contributed by atoms with Crippen LogP contribution in [0.5, 0.6) is 17.2 Å². The summed E-state index contributed by atoms with van der Waals surface area (Å²) in [6, 6.07) is 9.94. The minimum absolute atomic E-state index is 0.0608. The Bertz CT molecular complexity index is 790. The van der Waals surface area contributed by atoms with Crippen molar-refractivity contribution >= 4 is 5.91 Å². The molecule has 0 aliphatic carbocycles. The highest BCUT2D eigenvalue weighted by molar-refractivity contribution is 5.89. The highest BCUT2D eigenvalue weighted by Crippen LogP contribution is 2.43. The number of ether oxygens (including phenoxy) is 3. The highest BCUT2D eigenvalue weighted by atomic mass is 16.5. The number of nitrogens with zero attached hydrogens (tertiary/aromatic N) is 1. The molecule has 1 heterocycles. The number of carbonyl (C=O) groups excluding carboxylic acids is 1. The SMILES string of the molecule is COc1cc(C2C(=O)N(C)Cc3cc(C)ccc32)cc(OC)c1OC. The Morgan fingerprint density at radius 2 is 1.64 bits per heavy atom. The molecule has 0 radical (unpaired) electrons. The Labute approximate surface area is 148 Å². The quantitative estimate of drug-likeness (QED) is 0.857. The number of hydrogen-bond acceptors (Lipinski definition) is 4. The molecule has 2 aromatic carbocycles. The van der Waals surface area contributed by atoms with Crippen molar-refractivity contribution in [2.24, 2.45) is 0 Å². The molecular weight excluding hydrogens is 318 g/mol. The summed E-state index contributed by atoms with van der Waals surface area (Å²) in [6.07, 6.45) is 0. The lowest BCUT2D eigenvalue weighted by molar-refractivity contribution is -0.131. The van der Waals surface area contributed by atoms with E-state index in [1.165, 1.54) is 11.1 Å². The predicted molar refractivity (Wildman–Crippen MR) is 95.6 cm³/mol. The number of methoxy groups -OCH3 is 3. The van der Waals surface area contributed by atoms with E-state index in [1.54, 1.807) is 26.2 Å². The largest absolute Gasteiger partial charge is 0.493 e. The molecule has 5 nitrogen and oxygen atoms in total. The molecular formula is C20H23NO4. The Hall–Kier alpha value is -2.69. The fourth-order valence-corrected chi connectivity index (χ4v) is 3.43. The molecule has 0 N–H and O–H groups in total. The van der Waals surface area contributed by atoms with Crippen molar-refractivity contribution in [2.75, 3.05) is 28.4 Å². The number of rotatable bonds is 4. The second-order valence-electron chi connectivity index (χ2n) is 6.29. The van der Waals surface area contributed by atoms with Crippen molar-refractivity contribution in [3.05, 3.63) is 52.6 Å². The molecule has 1 atom stereocenters. The van der Waals surface area contributed by atoms with Crippen molar-refractivity contribution in [1.82, 2.24) is 4.90 Å². The zero-order valence-corrected chi connectivity index (χ0v) is 15.3. The van der Waals surface area contributed by atoms with E-state index >= 15 is 0 Å². The van der Waals surface area contributed by atoms with Gasteiger partial charge < -0.3 is 19.1 Å². The maximum absolute atomic E-state index is 12.9. The third-order valence-corrected chi connectivity index (χ3v) is 4.66. The van der Waals surface area contributed by atoms with Crippen molar-refractivity contribution in [2.45, 2.75) is 19.4 Å². The molecule has 1 aliphatic heterocycles. The molecule has 2 aromatic rings. The summed E-state index contributed by atoms with van der Waals surface area (Å²) in [6.45, 7) is 2.68. The molecule has 0 spiro atoms. The lowest BCUT2D eigenvalue weighted by Gasteiger charge is -2.32. The van der Waals surface area contributed by atoms with Crippen molar-refractivity contribution in [1.29, 1.82) is 0 Å². The number of aryl methyl sites for hydroxylation is 1. The molecule has 1 aliphatic rings. The van der Waals surface area contributed by atoms with Crippen molar-refractivity contribution in [3.8, 4) is 17.2 Å². The number of benzene rings is 2. The summed E-state index contributed by atoms with van der Waals surface area (Å²) in [7, 11) is 6.55. The number of likely N-dealkylation sites (N-methyl/N-ethyl adjacent to an activating group) is 1. The van der Waals surface area contributed by atoms with Crippen LogP contribution < -0.4 is 14.2 Å². The van der Waals surface area contributed by atoms with Gasteiger partial charge in [-0.1, -0.05) is 23.8 Å². The van der Waals surface area contributed by atoms with Crippen LogP contribution in [-0.4, -0.2) is 39.2 Å². The van der Waals surface area contributed by atoms with Crippen LogP contribution in [-0.2, 0) is 11.3 Å². The fraction of sp³-hybridized carbons (Fsp3) is 0.350. The van der Waals surface area contributed by atoms with Crippen LogP contribution in [0.2, 0.25) is 0 Å². The molecule has 0 bridgehead atoms. The zero-order valence-electron chi connectivity index (χ0n) is 15.3. The third kappa shape index (κ3) is 2.90. The standard InChI is InChI=1S/C20H23NO4/c1-12-6-7-15-14(8-12)11-21(2)20(22)18(15)13-9-16(23-3)19(25-5)17(10-13)24-4/h6-10,18H,11H2,1-5H3. The topological polar surface area (TPSA) is 48.0 Å². The van der Waals surface area contributed by atoms with Gasteiger partial charge in [-0.15, -0.1) is 0 Å². The summed E-state index contributed by atoms with van der Waals surface area (Å²) in [4.78, 5) is 14.7. The van der Waals surface area contributed by atoms with Gasteiger partial charge in [0, 0.05) is 13.6 Å². The van der Waals surface area contributed by atoms with E-state index in [0.717, 1.165) is 11.1 Å². The van der Waals surface area contributed by atoms with Crippen LogP contribution in [0, 0.1) is 6.92 Å². The summed E-state index contributed by atoms with van der Waals surface area (Å²) < 4.78 is 16.3. The van der Waals surface area contributed by atoms with Crippen LogP contribution in [0.15, 0.2) is 30.3 Å². The first-order chi connectivity index (χ1) is 12.0. The second kappa shape index (κ2) is 6.67. The minimum Gasteiger partial charge on any atom is -0.493 e. The predicted octanol–water partition coefficient (Wildman–Crippen LogP) is 3.12.